The molecule has 1 aromatic carbocycles. The van der Waals surface area contributed by atoms with Gasteiger partial charge in [-0.15, -0.1) is 0 Å². The number of halogens is 2. The highest BCUT2D eigenvalue weighted by Gasteiger charge is 2.21. The van der Waals surface area contributed by atoms with E-state index in [1.807, 2.05) is 0 Å². The summed E-state index contributed by atoms with van der Waals surface area (Å²) in [5, 5.41) is 3.68. The van der Waals surface area contributed by atoms with Crippen molar-refractivity contribution in [1.29, 1.82) is 0 Å². The van der Waals surface area contributed by atoms with Crippen molar-refractivity contribution in [3.05, 3.63) is 28.2 Å². The van der Waals surface area contributed by atoms with Crippen LogP contribution >= 0.6 is 23.2 Å². The largest absolute Gasteiger partial charge is 0.356 e. The number of carbonyl (C=O) groups is 1. The van der Waals surface area contributed by atoms with Gasteiger partial charge in [0.2, 0.25) is 15.9 Å². The molecule has 0 radical (unpaired) electrons. The number of rotatable bonds is 8. The predicted molar refractivity (Wildman–Crippen MR) is 107 cm³/mol. The maximum atomic E-state index is 12.1. The van der Waals surface area contributed by atoms with Gasteiger partial charge in [0.1, 0.15) is 0 Å². The highest BCUT2D eigenvalue weighted by atomic mass is 35.5. The van der Waals surface area contributed by atoms with Crippen molar-refractivity contribution < 1.29 is 13.2 Å². The summed E-state index contributed by atoms with van der Waals surface area (Å²) >= 11 is 12.1. The molecule has 1 amide bonds. The van der Waals surface area contributed by atoms with Crippen LogP contribution in [0.25, 0.3) is 0 Å². The molecule has 0 heterocycles. The molecule has 0 atom stereocenters. The molecule has 1 aromatic rings. The van der Waals surface area contributed by atoms with Gasteiger partial charge in [0.05, 0.1) is 17.0 Å². The van der Waals surface area contributed by atoms with E-state index >= 15 is 0 Å². The molecule has 1 aliphatic rings. The molecule has 1 saturated carbocycles. The summed E-state index contributed by atoms with van der Waals surface area (Å²) in [6, 6.07) is 4.69. The average Bonchev–Trinajstić information content (AvgIpc) is 2.59. The molecule has 1 fully saturated rings. The van der Waals surface area contributed by atoms with E-state index < -0.39 is 10.0 Å². The predicted octanol–water partition coefficient (Wildman–Crippen LogP) is 4.24. The molecule has 0 saturated heterocycles. The highest BCUT2D eigenvalue weighted by Crippen LogP contribution is 2.31. The van der Waals surface area contributed by atoms with Crippen molar-refractivity contribution in [3.8, 4) is 0 Å². The van der Waals surface area contributed by atoms with Crippen LogP contribution in [0, 0.1) is 5.92 Å². The lowest BCUT2D eigenvalue weighted by Crippen LogP contribution is -2.33. The van der Waals surface area contributed by atoms with E-state index in [-0.39, 0.29) is 18.9 Å². The fourth-order valence-corrected chi connectivity index (χ4v) is 4.67. The molecule has 1 N–H and O–H groups in total. The lowest BCUT2D eigenvalue weighted by molar-refractivity contribution is -0.121. The Morgan fingerprint density at radius 3 is 2.58 bits per heavy atom. The van der Waals surface area contributed by atoms with Crippen molar-refractivity contribution in [2.75, 3.05) is 23.7 Å². The molecular weight excluding hydrogens is 395 g/mol. The maximum absolute atomic E-state index is 12.1. The normalized spacial score (nSPS) is 15.7. The van der Waals surface area contributed by atoms with Gasteiger partial charge in [0.15, 0.2) is 0 Å². The van der Waals surface area contributed by atoms with Crippen LogP contribution in [0.1, 0.15) is 44.9 Å². The van der Waals surface area contributed by atoms with Crippen LogP contribution in [-0.2, 0) is 14.8 Å². The van der Waals surface area contributed by atoms with Crippen LogP contribution in [0.15, 0.2) is 18.2 Å². The van der Waals surface area contributed by atoms with Gasteiger partial charge >= 0.3 is 0 Å². The first-order valence-corrected chi connectivity index (χ1v) is 11.6. The highest BCUT2D eigenvalue weighted by molar-refractivity contribution is 7.92. The topological polar surface area (TPSA) is 66.5 Å². The summed E-state index contributed by atoms with van der Waals surface area (Å²) < 4.78 is 25.5. The number of nitrogens with zero attached hydrogens (tertiary/aromatic N) is 1. The van der Waals surface area contributed by atoms with E-state index in [1.165, 1.54) is 42.5 Å². The van der Waals surface area contributed by atoms with Crippen molar-refractivity contribution in [3.63, 3.8) is 0 Å². The van der Waals surface area contributed by atoms with Gasteiger partial charge in [-0.1, -0.05) is 42.5 Å². The molecule has 0 aromatic heterocycles. The Balaban J connectivity index is 1.87. The van der Waals surface area contributed by atoms with E-state index in [2.05, 4.69) is 5.32 Å². The summed E-state index contributed by atoms with van der Waals surface area (Å²) in [5.41, 5.74) is 0.337. The monoisotopic (exact) mass is 420 g/mol. The molecule has 1 aliphatic carbocycles. The molecule has 2 rings (SSSR count). The maximum Gasteiger partial charge on any atom is 0.232 e. The Morgan fingerprint density at radius 2 is 1.92 bits per heavy atom. The summed E-state index contributed by atoms with van der Waals surface area (Å²) in [7, 11) is -3.53. The number of benzene rings is 1. The molecule has 8 heteroatoms. The minimum absolute atomic E-state index is 0.0405. The lowest BCUT2D eigenvalue weighted by Gasteiger charge is -2.24. The zero-order valence-electron chi connectivity index (χ0n) is 15.0. The van der Waals surface area contributed by atoms with Crippen LogP contribution < -0.4 is 9.62 Å². The first-order valence-electron chi connectivity index (χ1n) is 8.97. The number of nitrogens with one attached hydrogen (secondary N) is 1. The molecule has 0 aliphatic heterocycles. The average molecular weight is 421 g/mol. The SMILES string of the molecule is CS(=O)(=O)N(CCCC(=O)NCC1CCCCC1)c1cc(Cl)ccc1Cl. The number of sulfonamides is 1. The van der Waals surface area contributed by atoms with E-state index in [0.29, 0.717) is 28.1 Å². The lowest BCUT2D eigenvalue weighted by atomic mass is 9.89. The summed E-state index contributed by atoms with van der Waals surface area (Å²) in [4.78, 5) is 12.0. The molecular formula is C18H26Cl2N2O3S. The van der Waals surface area contributed by atoms with E-state index in [0.717, 1.165) is 12.8 Å². The van der Waals surface area contributed by atoms with Gasteiger partial charge in [-0.3, -0.25) is 9.10 Å². The van der Waals surface area contributed by atoms with E-state index in [1.54, 1.807) is 12.1 Å². The third-order valence-electron chi connectivity index (χ3n) is 4.65. The van der Waals surface area contributed by atoms with Gasteiger partial charge in [-0.2, -0.15) is 0 Å². The van der Waals surface area contributed by atoms with Crippen LogP contribution in [0.2, 0.25) is 10.0 Å². The Kier molecular flexibility index (Phi) is 8.05. The second kappa shape index (κ2) is 9.81. The van der Waals surface area contributed by atoms with Crippen molar-refractivity contribution in [2.45, 2.75) is 44.9 Å². The molecule has 0 spiro atoms. The summed E-state index contributed by atoms with van der Waals surface area (Å²) in [5.74, 6) is 0.534. The van der Waals surface area contributed by atoms with Crippen molar-refractivity contribution >= 4 is 44.8 Å². The molecule has 0 bridgehead atoms. The Bertz CT molecular complexity index is 719. The van der Waals surface area contributed by atoms with Gasteiger partial charge in [0.25, 0.3) is 0 Å². The summed E-state index contributed by atoms with van der Waals surface area (Å²) in [6.45, 7) is 0.893. The number of anilines is 1. The molecule has 146 valence electrons. The number of hydrogen-bond acceptors (Lipinski definition) is 3. The number of hydrogen-bond donors (Lipinski definition) is 1. The summed E-state index contributed by atoms with van der Waals surface area (Å²) in [6.07, 6.45) is 7.92. The van der Waals surface area contributed by atoms with Crippen molar-refractivity contribution in [1.82, 2.24) is 5.32 Å². The van der Waals surface area contributed by atoms with Crippen LogP contribution in [-0.4, -0.2) is 33.7 Å². The smallest absolute Gasteiger partial charge is 0.232 e. The molecule has 0 unspecified atom stereocenters. The van der Waals surface area contributed by atoms with Gasteiger partial charge in [-0.25, -0.2) is 8.42 Å². The quantitative estimate of drug-likeness (QED) is 0.683. The minimum atomic E-state index is -3.53. The number of carbonyl (C=O) groups excluding carboxylic acids is 1. The van der Waals surface area contributed by atoms with Crippen LogP contribution in [0.3, 0.4) is 0 Å². The Labute approximate surface area is 166 Å². The van der Waals surface area contributed by atoms with E-state index in [4.69, 9.17) is 23.2 Å². The fourth-order valence-electron chi connectivity index (χ4n) is 3.26. The van der Waals surface area contributed by atoms with Crippen molar-refractivity contribution in [2.24, 2.45) is 5.92 Å². The van der Waals surface area contributed by atoms with Gasteiger partial charge in [-0.05, 0) is 43.4 Å². The van der Waals surface area contributed by atoms with Crippen LogP contribution in [0.4, 0.5) is 5.69 Å². The Hall–Kier alpha value is -0.980. The second-order valence-electron chi connectivity index (χ2n) is 6.84. The first kappa shape index (κ1) is 21.3. The van der Waals surface area contributed by atoms with E-state index in [9.17, 15) is 13.2 Å². The fraction of sp³-hybridized carbons (Fsp3) is 0.611. The second-order valence-corrected chi connectivity index (χ2v) is 9.59. The zero-order chi connectivity index (χ0) is 19.2. The van der Waals surface area contributed by atoms with Crippen LogP contribution in [0.5, 0.6) is 0 Å². The number of amides is 1. The molecule has 26 heavy (non-hydrogen) atoms. The van der Waals surface area contributed by atoms with Gasteiger partial charge in [0, 0.05) is 24.5 Å². The Morgan fingerprint density at radius 1 is 1.23 bits per heavy atom. The third kappa shape index (κ3) is 6.63. The first-order chi connectivity index (χ1) is 12.3. The zero-order valence-corrected chi connectivity index (χ0v) is 17.3. The standard InChI is InChI=1S/C18H26Cl2N2O3S/c1-26(24,25)22(17-12-15(19)9-10-16(17)20)11-5-8-18(23)21-13-14-6-3-2-4-7-14/h9-10,12,14H,2-8,11,13H2,1H3,(H,21,23). The minimum Gasteiger partial charge on any atom is -0.356 e. The molecule has 5 nitrogen and oxygen atoms in total. The van der Waals surface area contributed by atoms with Gasteiger partial charge < -0.3 is 5.32 Å². The third-order valence-corrected chi connectivity index (χ3v) is 6.39.